The van der Waals surface area contributed by atoms with E-state index >= 15 is 0 Å². The summed E-state index contributed by atoms with van der Waals surface area (Å²) in [6.45, 7) is 3.76. The van der Waals surface area contributed by atoms with Crippen LogP contribution >= 0.6 is 0 Å². The van der Waals surface area contributed by atoms with Crippen molar-refractivity contribution in [2.45, 2.75) is 45.6 Å². The van der Waals surface area contributed by atoms with Gasteiger partial charge in [0, 0.05) is 0 Å². The SMILES string of the molecule is Cc1cnc(C(=O)NC(C)c2ccc3c(c2)CCCC3)o1. The number of amides is 1. The molecule has 2 aromatic rings. The van der Waals surface area contributed by atoms with E-state index in [1.165, 1.54) is 30.4 Å². The van der Waals surface area contributed by atoms with Gasteiger partial charge in [-0.2, -0.15) is 0 Å². The minimum atomic E-state index is -0.270. The molecule has 3 rings (SSSR count). The number of benzene rings is 1. The molecular formula is C17H20N2O2. The smallest absolute Gasteiger partial charge is 0.307 e. The van der Waals surface area contributed by atoms with Crippen molar-refractivity contribution >= 4 is 5.91 Å². The monoisotopic (exact) mass is 284 g/mol. The molecule has 21 heavy (non-hydrogen) atoms. The Hall–Kier alpha value is -2.10. The number of carbonyl (C=O) groups is 1. The number of nitrogens with one attached hydrogen (secondary N) is 1. The third-order valence-corrected chi connectivity index (χ3v) is 4.04. The normalized spacial score (nSPS) is 15.3. The van der Waals surface area contributed by atoms with Gasteiger partial charge >= 0.3 is 5.91 Å². The highest BCUT2D eigenvalue weighted by molar-refractivity contribution is 5.89. The molecule has 110 valence electrons. The average molecular weight is 284 g/mol. The Morgan fingerprint density at radius 2 is 2.05 bits per heavy atom. The van der Waals surface area contributed by atoms with Gasteiger partial charge in [0.1, 0.15) is 5.76 Å². The second-order valence-electron chi connectivity index (χ2n) is 5.71. The van der Waals surface area contributed by atoms with E-state index in [0.717, 1.165) is 12.0 Å². The van der Waals surface area contributed by atoms with Gasteiger partial charge in [0.15, 0.2) is 0 Å². The van der Waals surface area contributed by atoms with Gasteiger partial charge < -0.3 is 9.73 Å². The molecule has 0 spiro atoms. The Labute approximate surface area is 124 Å². The van der Waals surface area contributed by atoms with E-state index in [1.807, 2.05) is 6.92 Å². The van der Waals surface area contributed by atoms with Gasteiger partial charge in [-0.15, -0.1) is 0 Å². The van der Waals surface area contributed by atoms with Gasteiger partial charge in [0.05, 0.1) is 12.2 Å². The summed E-state index contributed by atoms with van der Waals surface area (Å²) < 4.78 is 5.25. The molecule has 1 heterocycles. The molecule has 0 saturated carbocycles. The number of aryl methyl sites for hydroxylation is 3. The topological polar surface area (TPSA) is 55.1 Å². The van der Waals surface area contributed by atoms with Crippen LogP contribution in [0.5, 0.6) is 0 Å². The average Bonchev–Trinajstić information content (AvgIpc) is 2.93. The number of hydrogen-bond donors (Lipinski definition) is 1. The molecule has 0 saturated heterocycles. The van der Waals surface area contributed by atoms with Crippen molar-refractivity contribution in [3.05, 3.63) is 52.7 Å². The standard InChI is InChI=1S/C17H20N2O2/c1-11-10-18-17(21-11)16(20)19-12(2)14-8-7-13-5-3-4-6-15(13)9-14/h7-10,12H,3-6H2,1-2H3,(H,19,20). The molecule has 1 aromatic heterocycles. The van der Waals surface area contributed by atoms with Crippen molar-refractivity contribution in [1.29, 1.82) is 0 Å². The molecule has 1 amide bonds. The first kappa shape index (κ1) is 13.9. The van der Waals surface area contributed by atoms with Crippen LogP contribution in [0.3, 0.4) is 0 Å². The Morgan fingerprint density at radius 3 is 2.76 bits per heavy atom. The fourth-order valence-corrected chi connectivity index (χ4v) is 2.82. The highest BCUT2D eigenvalue weighted by Gasteiger charge is 2.17. The van der Waals surface area contributed by atoms with E-state index in [0.29, 0.717) is 5.76 Å². The number of nitrogens with zero attached hydrogens (tertiary/aromatic N) is 1. The van der Waals surface area contributed by atoms with Gasteiger partial charge in [0.25, 0.3) is 5.89 Å². The lowest BCUT2D eigenvalue weighted by Gasteiger charge is -2.19. The second kappa shape index (κ2) is 5.72. The summed E-state index contributed by atoms with van der Waals surface area (Å²) in [6.07, 6.45) is 6.40. The minimum Gasteiger partial charge on any atom is -0.438 e. The van der Waals surface area contributed by atoms with Crippen molar-refractivity contribution in [2.24, 2.45) is 0 Å². The van der Waals surface area contributed by atoms with Gasteiger partial charge in [-0.25, -0.2) is 4.98 Å². The van der Waals surface area contributed by atoms with Crippen molar-refractivity contribution < 1.29 is 9.21 Å². The highest BCUT2D eigenvalue weighted by atomic mass is 16.4. The Morgan fingerprint density at radius 1 is 1.29 bits per heavy atom. The Bertz CT molecular complexity index is 661. The molecule has 1 aliphatic carbocycles. The summed E-state index contributed by atoms with van der Waals surface area (Å²) in [7, 11) is 0. The largest absolute Gasteiger partial charge is 0.438 e. The summed E-state index contributed by atoms with van der Waals surface area (Å²) in [4.78, 5) is 16.0. The number of rotatable bonds is 3. The second-order valence-corrected chi connectivity index (χ2v) is 5.71. The predicted octanol–water partition coefficient (Wildman–Crippen LogP) is 3.35. The minimum absolute atomic E-state index is 0.0584. The van der Waals surface area contributed by atoms with Crippen LogP contribution in [-0.4, -0.2) is 10.9 Å². The van der Waals surface area contributed by atoms with Crippen LogP contribution < -0.4 is 5.32 Å². The molecule has 1 aromatic carbocycles. The molecule has 0 radical (unpaired) electrons. The zero-order valence-electron chi connectivity index (χ0n) is 12.5. The van der Waals surface area contributed by atoms with Crippen LogP contribution in [0.2, 0.25) is 0 Å². The predicted molar refractivity (Wildman–Crippen MR) is 80.2 cm³/mol. The van der Waals surface area contributed by atoms with Crippen LogP contribution in [0.15, 0.2) is 28.8 Å². The third kappa shape index (κ3) is 2.99. The van der Waals surface area contributed by atoms with Crippen LogP contribution in [-0.2, 0) is 12.8 Å². The first-order valence-electron chi connectivity index (χ1n) is 7.48. The Kier molecular flexibility index (Phi) is 3.78. The van der Waals surface area contributed by atoms with Crippen LogP contribution in [0.25, 0.3) is 0 Å². The van der Waals surface area contributed by atoms with Crippen molar-refractivity contribution in [2.75, 3.05) is 0 Å². The molecule has 4 nitrogen and oxygen atoms in total. The van der Waals surface area contributed by atoms with Gasteiger partial charge in [-0.05, 0) is 56.2 Å². The summed E-state index contributed by atoms with van der Waals surface area (Å²) in [5, 5.41) is 2.94. The summed E-state index contributed by atoms with van der Waals surface area (Å²) >= 11 is 0. The fraction of sp³-hybridized carbons (Fsp3) is 0.412. The van der Waals surface area contributed by atoms with E-state index < -0.39 is 0 Å². The lowest BCUT2D eigenvalue weighted by Crippen LogP contribution is -2.27. The summed E-state index contributed by atoms with van der Waals surface area (Å²) in [6, 6.07) is 6.47. The highest BCUT2D eigenvalue weighted by Crippen LogP contribution is 2.24. The third-order valence-electron chi connectivity index (χ3n) is 4.04. The fourth-order valence-electron chi connectivity index (χ4n) is 2.82. The molecule has 1 aliphatic rings. The lowest BCUT2D eigenvalue weighted by molar-refractivity contribution is 0.0903. The van der Waals surface area contributed by atoms with E-state index in [9.17, 15) is 4.79 Å². The van der Waals surface area contributed by atoms with E-state index in [2.05, 4.69) is 28.5 Å². The maximum absolute atomic E-state index is 12.1. The lowest BCUT2D eigenvalue weighted by atomic mass is 9.89. The van der Waals surface area contributed by atoms with E-state index in [4.69, 9.17) is 4.42 Å². The summed E-state index contributed by atoms with van der Waals surface area (Å²) in [5.74, 6) is 0.493. The number of fused-ring (bicyclic) bond motifs is 1. The van der Waals surface area contributed by atoms with Crippen molar-refractivity contribution in [3.63, 3.8) is 0 Å². The number of carbonyl (C=O) groups excluding carboxylic acids is 1. The number of oxazole rings is 1. The van der Waals surface area contributed by atoms with Crippen molar-refractivity contribution in [3.8, 4) is 0 Å². The Balaban J connectivity index is 1.73. The van der Waals surface area contributed by atoms with Gasteiger partial charge in [-0.1, -0.05) is 18.2 Å². The zero-order valence-corrected chi connectivity index (χ0v) is 12.5. The molecule has 0 aliphatic heterocycles. The molecule has 1 atom stereocenters. The number of hydrogen-bond acceptors (Lipinski definition) is 3. The van der Waals surface area contributed by atoms with Gasteiger partial charge in [0.2, 0.25) is 0 Å². The molecule has 0 fully saturated rings. The van der Waals surface area contributed by atoms with E-state index in [-0.39, 0.29) is 17.8 Å². The van der Waals surface area contributed by atoms with Crippen molar-refractivity contribution in [1.82, 2.24) is 10.3 Å². The summed E-state index contributed by atoms with van der Waals surface area (Å²) in [5.41, 5.74) is 4.01. The first-order chi connectivity index (χ1) is 10.1. The maximum atomic E-state index is 12.1. The molecule has 1 N–H and O–H groups in total. The van der Waals surface area contributed by atoms with Crippen LogP contribution in [0.4, 0.5) is 0 Å². The first-order valence-corrected chi connectivity index (χ1v) is 7.48. The maximum Gasteiger partial charge on any atom is 0.307 e. The zero-order chi connectivity index (χ0) is 14.8. The number of aromatic nitrogens is 1. The molecular weight excluding hydrogens is 264 g/mol. The molecule has 1 unspecified atom stereocenters. The van der Waals surface area contributed by atoms with Gasteiger partial charge in [-0.3, -0.25) is 4.79 Å². The molecule has 0 bridgehead atoms. The van der Waals surface area contributed by atoms with Crippen LogP contribution in [0.1, 0.15) is 58.9 Å². The quantitative estimate of drug-likeness (QED) is 0.940. The molecule has 4 heteroatoms. The van der Waals surface area contributed by atoms with E-state index in [1.54, 1.807) is 13.1 Å². The van der Waals surface area contributed by atoms with Crippen LogP contribution in [0, 0.1) is 6.92 Å².